The fraction of sp³-hybridized carbons (Fsp3) is 0.0250. The van der Waals surface area contributed by atoms with Crippen molar-refractivity contribution in [1.82, 2.24) is 9.88 Å². The van der Waals surface area contributed by atoms with E-state index in [1.807, 2.05) is 17.6 Å². The Morgan fingerprint density at radius 1 is 0.545 bits per heavy atom. The topological polar surface area (TPSA) is 29.3 Å². The summed E-state index contributed by atoms with van der Waals surface area (Å²) < 4.78 is 4.97. The Morgan fingerprint density at radius 3 is 1.84 bits per heavy atom. The van der Waals surface area contributed by atoms with Crippen LogP contribution >= 0.6 is 11.3 Å². The van der Waals surface area contributed by atoms with E-state index in [0.29, 0.717) is 0 Å². The van der Waals surface area contributed by atoms with Crippen LogP contribution in [-0.2, 0) is 0 Å². The number of nitrogens with one attached hydrogen (secondary N) is 1. The normalized spacial score (nSPS) is 14.8. The van der Waals surface area contributed by atoms with Crippen LogP contribution in [0.25, 0.3) is 69.9 Å². The van der Waals surface area contributed by atoms with E-state index in [0.717, 1.165) is 16.7 Å². The molecule has 4 heteroatoms. The van der Waals surface area contributed by atoms with E-state index in [1.54, 1.807) is 0 Å². The molecule has 3 nitrogen and oxygen atoms in total. The summed E-state index contributed by atoms with van der Waals surface area (Å²) in [5, 5.41) is 8.89. The summed E-state index contributed by atoms with van der Waals surface area (Å²) in [5.41, 5.74) is 9.38. The highest BCUT2D eigenvalue weighted by Crippen LogP contribution is 2.40. The maximum Gasteiger partial charge on any atom is 0.200 e. The Kier molecular flexibility index (Phi) is 5.75. The van der Waals surface area contributed by atoms with Crippen LogP contribution in [0.15, 0.2) is 151 Å². The highest BCUT2D eigenvalue weighted by Gasteiger charge is 2.22. The Labute approximate surface area is 259 Å². The molecule has 1 unspecified atom stereocenters. The lowest BCUT2D eigenvalue weighted by Crippen LogP contribution is -2.26. The van der Waals surface area contributed by atoms with Crippen LogP contribution in [0.1, 0.15) is 11.9 Å². The van der Waals surface area contributed by atoms with Crippen LogP contribution < -0.4 is 5.32 Å². The first kappa shape index (κ1) is 25.1. The van der Waals surface area contributed by atoms with Crippen LogP contribution in [0.2, 0.25) is 0 Å². The molecule has 9 rings (SSSR count). The third-order valence-corrected chi connectivity index (χ3v) is 9.93. The van der Waals surface area contributed by atoms with Crippen molar-refractivity contribution in [2.45, 2.75) is 6.29 Å². The fourth-order valence-electron chi connectivity index (χ4n) is 6.61. The van der Waals surface area contributed by atoms with Gasteiger partial charge in [-0.1, -0.05) is 121 Å². The van der Waals surface area contributed by atoms with E-state index in [-0.39, 0.29) is 6.29 Å². The van der Waals surface area contributed by atoms with Gasteiger partial charge < -0.3 is 9.88 Å². The number of allylic oxidation sites excluding steroid dienone is 1. The molecule has 2 aromatic heterocycles. The summed E-state index contributed by atoms with van der Waals surface area (Å²) in [6, 6.07) is 50.1. The van der Waals surface area contributed by atoms with E-state index in [2.05, 4.69) is 155 Å². The molecule has 3 heterocycles. The third kappa shape index (κ3) is 3.99. The van der Waals surface area contributed by atoms with Crippen LogP contribution in [0, 0.1) is 0 Å². The first-order valence-corrected chi connectivity index (χ1v) is 15.7. The van der Waals surface area contributed by atoms with Crippen LogP contribution in [0.5, 0.6) is 0 Å². The Morgan fingerprint density at radius 2 is 1.16 bits per heavy atom. The number of aromatic nitrogens is 1. The molecule has 6 aromatic carbocycles. The second kappa shape index (κ2) is 10.1. The zero-order chi connectivity index (χ0) is 29.0. The van der Waals surface area contributed by atoms with Crippen molar-refractivity contribution in [3.8, 4) is 22.3 Å². The molecule has 1 atom stereocenters. The number of thiophene rings is 1. The number of hydrogen-bond donors (Lipinski definition) is 1. The maximum atomic E-state index is 5.03. The smallest absolute Gasteiger partial charge is 0.200 e. The van der Waals surface area contributed by atoms with E-state index in [4.69, 9.17) is 4.99 Å². The standard InChI is InChI=1S/C40H27N3S/c1-3-10-26(11-4-1)28-18-20-30-31-21-19-29(27-12-5-2-6-13-27)25-37(31)43(36(30)24-28)40-41-23-22-35(42-40)34-16-9-15-33-32-14-7-8-17-38(32)44-39(33)34/h1-25,40,42H. The Balaban J connectivity index is 1.23. The van der Waals surface area contributed by atoms with Gasteiger partial charge >= 0.3 is 0 Å². The first-order chi connectivity index (χ1) is 21.8. The van der Waals surface area contributed by atoms with Crippen molar-refractivity contribution < 1.29 is 0 Å². The Hall–Kier alpha value is -5.45. The molecule has 0 spiro atoms. The van der Waals surface area contributed by atoms with Gasteiger partial charge in [0, 0.05) is 48.4 Å². The minimum absolute atomic E-state index is 0.309. The fourth-order valence-corrected chi connectivity index (χ4v) is 7.84. The Bertz CT molecular complexity index is 2320. The van der Waals surface area contributed by atoms with Gasteiger partial charge in [0.15, 0.2) is 0 Å². The molecular weight excluding hydrogens is 555 g/mol. The van der Waals surface area contributed by atoms with Gasteiger partial charge in [-0.2, -0.15) is 0 Å². The number of nitrogens with zero attached hydrogens (tertiary/aromatic N) is 2. The molecule has 0 saturated heterocycles. The second-order valence-electron chi connectivity index (χ2n) is 11.2. The number of benzene rings is 6. The predicted molar refractivity (Wildman–Crippen MR) is 188 cm³/mol. The average molecular weight is 582 g/mol. The second-order valence-corrected chi connectivity index (χ2v) is 12.3. The number of rotatable bonds is 4. The van der Waals surface area contributed by atoms with Gasteiger partial charge in [-0.15, -0.1) is 11.3 Å². The summed E-state index contributed by atoms with van der Waals surface area (Å²) in [7, 11) is 0. The summed E-state index contributed by atoms with van der Waals surface area (Å²) in [5.74, 6) is 0. The van der Waals surface area contributed by atoms with Gasteiger partial charge in [-0.05, 0) is 46.5 Å². The predicted octanol–water partition coefficient (Wildman–Crippen LogP) is 10.7. The van der Waals surface area contributed by atoms with E-state index >= 15 is 0 Å². The average Bonchev–Trinajstić information content (AvgIpc) is 3.64. The third-order valence-electron chi connectivity index (χ3n) is 8.71. The molecule has 8 aromatic rings. The summed E-state index contributed by atoms with van der Waals surface area (Å²) in [6.45, 7) is 0. The molecule has 1 aliphatic rings. The van der Waals surface area contributed by atoms with E-state index in [9.17, 15) is 0 Å². The molecule has 1 aliphatic heterocycles. The van der Waals surface area contributed by atoms with Gasteiger partial charge in [-0.25, -0.2) is 4.99 Å². The lowest BCUT2D eigenvalue weighted by atomic mass is 10.0. The molecule has 208 valence electrons. The first-order valence-electron chi connectivity index (χ1n) is 14.9. The van der Waals surface area contributed by atoms with Crippen LogP contribution in [0.3, 0.4) is 0 Å². The monoisotopic (exact) mass is 581 g/mol. The maximum absolute atomic E-state index is 5.03. The van der Waals surface area contributed by atoms with Crippen molar-refractivity contribution in [2.24, 2.45) is 4.99 Å². The zero-order valence-electron chi connectivity index (χ0n) is 23.8. The van der Waals surface area contributed by atoms with Crippen LogP contribution in [-0.4, -0.2) is 10.8 Å². The van der Waals surface area contributed by atoms with E-state index < -0.39 is 0 Å². The van der Waals surface area contributed by atoms with Gasteiger partial charge in [0.2, 0.25) is 6.29 Å². The van der Waals surface area contributed by atoms with Gasteiger partial charge in [0.1, 0.15) is 0 Å². The minimum Gasteiger partial charge on any atom is -0.346 e. The number of fused-ring (bicyclic) bond motifs is 6. The highest BCUT2D eigenvalue weighted by molar-refractivity contribution is 7.26. The lowest BCUT2D eigenvalue weighted by molar-refractivity contribution is 0.511. The van der Waals surface area contributed by atoms with Crippen molar-refractivity contribution in [3.05, 3.63) is 151 Å². The molecule has 0 saturated carbocycles. The largest absolute Gasteiger partial charge is 0.346 e. The molecule has 1 N–H and O–H groups in total. The summed E-state index contributed by atoms with van der Waals surface area (Å²) >= 11 is 1.85. The van der Waals surface area contributed by atoms with Gasteiger partial charge in [0.25, 0.3) is 0 Å². The lowest BCUT2D eigenvalue weighted by Gasteiger charge is -2.25. The SMILES string of the molecule is C1=NC(n2c3cc(-c4ccccc4)ccc3c3ccc(-c4ccccc4)cc32)NC(c2cccc3c2sc2ccccc23)=C1. The number of aliphatic imine (C=N–C) groups is 1. The number of hydrogen-bond acceptors (Lipinski definition) is 3. The van der Waals surface area contributed by atoms with Crippen molar-refractivity contribution in [2.75, 3.05) is 0 Å². The van der Waals surface area contributed by atoms with Crippen LogP contribution in [0.4, 0.5) is 0 Å². The van der Waals surface area contributed by atoms with Gasteiger partial charge in [0.05, 0.1) is 11.0 Å². The quantitative estimate of drug-likeness (QED) is 0.220. The van der Waals surface area contributed by atoms with Crippen molar-refractivity contribution in [3.63, 3.8) is 0 Å². The molecule has 0 bridgehead atoms. The highest BCUT2D eigenvalue weighted by atomic mass is 32.1. The summed E-state index contributed by atoms with van der Waals surface area (Å²) in [4.78, 5) is 5.03. The van der Waals surface area contributed by atoms with Crippen molar-refractivity contribution >= 4 is 65.2 Å². The molecule has 0 amide bonds. The van der Waals surface area contributed by atoms with Crippen molar-refractivity contribution in [1.29, 1.82) is 0 Å². The van der Waals surface area contributed by atoms with E-state index in [1.165, 1.54) is 58.8 Å². The minimum atomic E-state index is -0.309. The zero-order valence-corrected chi connectivity index (χ0v) is 24.6. The molecule has 44 heavy (non-hydrogen) atoms. The molecule has 0 fully saturated rings. The molecular formula is C40H27N3S. The van der Waals surface area contributed by atoms with Gasteiger partial charge in [-0.3, -0.25) is 0 Å². The molecule has 0 radical (unpaired) electrons. The molecule has 0 aliphatic carbocycles. The summed E-state index contributed by atoms with van der Waals surface area (Å²) in [6.07, 6.45) is 3.76.